The summed E-state index contributed by atoms with van der Waals surface area (Å²) in [4.78, 5) is 0. The van der Waals surface area contributed by atoms with Gasteiger partial charge < -0.3 is 8.83 Å². The molecule has 0 atom stereocenters. The minimum atomic E-state index is 0.875. The van der Waals surface area contributed by atoms with E-state index in [9.17, 15) is 0 Å². The topological polar surface area (TPSA) is 26.3 Å². The molecule has 8 aromatic carbocycles. The maximum absolute atomic E-state index is 6.47. The second-order valence-corrected chi connectivity index (χ2v) is 12.7. The Morgan fingerprint density at radius 2 is 1.06 bits per heavy atom. The van der Waals surface area contributed by atoms with Crippen molar-refractivity contribution in [2.24, 2.45) is 0 Å². The van der Waals surface area contributed by atoms with E-state index in [0.29, 0.717) is 0 Å². The van der Waals surface area contributed by atoms with E-state index in [-0.39, 0.29) is 0 Å². The van der Waals surface area contributed by atoms with Crippen molar-refractivity contribution in [3.8, 4) is 11.1 Å². The maximum Gasteiger partial charge on any atom is 0.147 e. The summed E-state index contributed by atoms with van der Waals surface area (Å²) in [5.41, 5.74) is 8.92. The third kappa shape index (κ3) is 4.05. The monoisotopic (exact) mass is 602 g/mol. The number of hydrogen-bond donors (Lipinski definition) is 0. The maximum atomic E-state index is 6.47. The number of fused-ring (bicyclic) bond motifs is 10. The number of furan rings is 2. The Labute approximate surface area is 271 Å². The van der Waals surface area contributed by atoms with Gasteiger partial charge in [0, 0.05) is 16.2 Å². The molecular weight excluding hydrogens is 572 g/mol. The van der Waals surface area contributed by atoms with E-state index in [4.69, 9.17) is 8.83 Å². The van der Waals surface area contributed by atoms with Crippen molar-refractivity contribution in [1.29, 1.82) is 0 Å². The Morgan fingerprint density at radius 1 is 0.404 bits per heavy atom. The molecule has 0 unspecified atom stereocenters. The molecule has 10 aromatic rings. The first-order chi connectivity index (χ1) is 23.3. The van der Waals surface area contributed by atoms with Gasteiger partial charge >= 0.3 is 0 Å². The van der Waals surface area contributed by atoms with E-state index in [1.807, 2.05) is 12.1 Å². The highest BCUT2D eigenvalue weighted by molar-refractivity contribution is 6.22. The van der Waals surface area contributed by atoms with Crippen molar-refractivity contribution in [3.63, 3.8) is 0 Å². The van der Waals surface area contributed by atoms with Crippen LogP contribution in [0.3, 0.4) is 0 Å². The van der Waals surface area contributed by atoms with Crippen LogP contribution in [-0.2, 0) is 12.8 Å². The third-order valence-corrected chi connectivity index (χ3v) is 10.0. The zero-order valence-corrected chi connectivity index (χ0v) is 25.8. The predicted octanol–water partition coefficient (Wildman–Crippen LogP) is 12.8. The number of rotatable bonds is 5. The van der Waals surface area contributed by atoms with Gasteiger partial charge in [0.05, 0.1) is 5.39 Å². The van der Waals surface area contributed by atoms with Crippen LogP contribution < -0.4 is 0 Å². The summed E-state index contributed by atoms with van der Waals surface area (Å²) in [7, 11) is 0. The summed E-state index contributed by atoms with van der Waals surface area (Å²) < 4.78 is 12.9. The highest BCUT2D eigenvalue weighted by atomic mass is 16.3. The molecule has 0 aliphatic heterocycles. The van der Waals surface area contributed by atoms with Crippen molar-refractivity contribution in [1.82, 2.24) is 0 Å². The molecule has 10 rings (SSSR count). The molecule has 0 N–H and O–H groups in total. The zero-order chi connectivity index (χ0) is 30.9. The van der Waals surface area contributed by atoms with Crippen LogP contribution in [0.25, 0.3) is 87.3 Å². The number of aryl methyl sites for hydroxylation is 2. The summed E-state index contributed by atoms with van der Waals surface area (Å²) >= 11 is 0. The first-order valence-corrected chi connectivity index (χ1v) is 16.5. The standard InChI is InChI=1S/C45H30O2/c1-2-12-30-27-31(24-23-28(30)11-1)42-36-18-5-3-15-33(36)32(34-16-4-6-19-37(34)42)20-9-13-29-14-10-22-40-43(29)44-41(46-40)26-25-38-35-17-7-8-21-39(35)47-45(38)44/h1-8,10-12,14-19,21-27H,9,13,20H2. The van der Waals surface area contributed by atoms with Gasteiger partial charge in [-0.05, 0) is 104 Å². The first-order valence-electron chi connectivity index (χ1n) is 16.5. The van der Waals surface area contributed by atoms with E-state index in [1.165, 1.54) is 60.0 Å². The van der Waals surface area contributed by atoms with Crippen molar-refractivity contribution in [3.05, 3.63) is 157 Å². The van der Waals surface area contributed by atoms with E-state index < -0.39 is 0 Å². The number of hydrogen-bond acceptors (Lipinski definition) is 2. The van der Waals surface area contributed by atoms with Gasteiger partial charge in [-0.15, -0.1) is 0 Å². The van der Waals surface area contributed by atoms with E-state index in [0.717, 1.165) is 57.8 Å². The summed E-state index contributed by atoms with van der Waals surface area (Å²) in [5, 5.41) is 12.4. The minimum Gasteiger partial charge on any atom is -0.456 e. The van der Waals surface area contributed by atoms with Crippen molar-refractivity contribution in [2.45, 2.75) is 19.3 Å². The molecule has 2 heterocycles. The van der Waals surface area contributed by atoms with Crippen molar-refractivity contribution in [2.75, 3.05) is 0 Å². The smallest absolute Gasteiger partial charge is 0.147 e. The van der Waals surface area contributed by atoms with E-state index >= 15 is 0 Å². The molecular formula is C45H30O2. The van der Waals surface area contributed by atoms with Crippen LogP contribution in [-0.4, -0.2) is 0 Å². The van der Waals surface area contributed by atoms with E-state index in [1.54, 1.807) is 0 Å². The number of benzene rings is 8. The average molecular weight is 603 g/mol. The van der Waals surface area contributed by atoms with E-state index in [2.05, 4.69) is 133 Å². The van der Waals surface area contributed by atoms with Gasteiger partial charge in [0.25, 0.3) is 0 Å². The van der Waals surface area contributed by atoms with Gasteiger partial charge in [0.1, 0.15) is 22.3 Å². The highest BCUT2D eigenvalue weighted by Gasteiger charge is 2.19. The first kappa shape index (κ1) is 26.4. The second kappa shape index (κ2) is 10.3. The molecule has 0 saturated heterocycles. The molecule has 2 nitrogen and oxygen atoms in total. The molecule has 0 aliphatic rings. The summed E-state index contributed by atoms with van der Waals surface area (Å²) in [6, 6.07) is 52.4. The van der Waals surface area contributed by atoms with Crippen LogP contribution >= 0.6 is 0 Å². The van der Waals surface area contributed by atoms with Gasteiger partial charge in [0.2, 0.25) is 0 Å². The fraction of sp³-hybridized carbons (Fsp3) is 0.0667. The third-order valence-electron chi connectivity index (χ3n) is 10.0. The molecule has 0 saturated carbocycles. The lowest BCUT2D eigenvalue weighted by Gasteiger charge is -2.18. The SMILES string of the molecule is c1ccc2cc(-c3c4ccccc4c(CCCc4cccc5oc6ccc7c8ccccc8oc7c6c45)c4ccccc34)ccc2c1. The van der Waals surface area contributed by atoms with Gasteiger partial charge in [-0.3, -0.25) is 0 Å². The van der Waals surface area contributed by atoms with Gasteiger partial charge in [-0.1, -0.05) is 115 Å². The second-order valence-electron chi connectivity index (χ2n) is 12.7. The van der Waals surface area contributed by atoms with Crippen molar-refractivity contribution >= 4 is 76.2 Å². The van der Waals surface area contributed by atoms with Gasteiger partial charge in [-0.2, -0.15) is 0 Å². The molecule has 0 spiro atoms. The van der Waals surface area contributed by atoms with Crippen molar-refractivity contribution < 1.29 is 8.83 Å². The van der Waals surface area contributed by atoms with Gasteiger partial charge in [0.15, 0.2) is 0 Å². The molecule has 47 heavy (non-hydrogen) atoms. The normalized spacial score (nSPS) is 12.1. The summed E-state index contributed by atoms with van der Waals surface area (Å²) in [6.45, 7) is 0. The summed E-state index contributed by atoms with van der Waals surface area (Å²) in [6.07, 6.45) is 2.94. The summed E-state index contributed by atoms with van der Waals surface area (Å²) in [5.74, 6) is 0. The van der Waals surface area contributed by atoms with Crippen LogP contribution in [0, 0.1) is 0 Å². The van der Waals surface area contributed by atoms with Crippen LogP contribution in [0.2, 0.25) is 0 Å². The molecule has 0 fully saturated rings. The molecule has 0 bridgehead atoms. The Hall–Kier alpha value is -5.86. The average Bonchev–Trinajstić information content (AvgIpc) is 3.70. The molecule has 0 amide bonds. The Bertz CT molecular complexity index is 2770. The fourth-order valence-corrected chi connectivity index (χ4v) is 7.96. The molecule has 2 aromatic heterocycles. The molecule has 222 valence electrons. The van der Waals surface area contributed by atoms with Crippen LogP contribution in [0.4, 0.5) is 0 Å². The lowest BCUT2D eigenvalue weighted by molar-refractivity contribution is 0.662. The molecule has 2 heteroatoms. The largest absolute Gasteiger partial charge is 0.456 e. The fourth-order valence-electron chi connectivity index (χ4n) is 7.96. The lowest BCUT2D eigenvalue weighted by atomic mass is 9.86. The lowest BCUT2D eigenvalue weighted by Crippen LogP contribution is -1.96. The van der Waals surface area contributed by atoms with Crippen LogP contribution in [0.15, 0.2) is 154 Å². The Kier molecular flexibility index (Phi) is 5.80. The predicted molar refractivity (Wildman–Crippen MR) is 197 cm³/mol. The minimum absolute atomic E-state index is 0.875. The van der Waals surface area contributed by atoms with Crippen LogP contribution in [0.5, 0.6) is 0 Å². The number of para-hydroxylation sites is 1. The Balaban J connectivity index is 1.09. The Morgan fingerprint density at radius 3 is 1.87 bits per heavy atom. The molecule has 0 aliphatic carbocycles. The van der Waals surface area contributed by atoms with Gasteiger partial charge in [-0.25, -0.2) is 0 Å². The highest BCUT2D eigenvalue weighted by Crippen LogP contribution is 2.42. The quantitative estimate of drug-likeness (QED) is 0.183. The zero-order valence-electron chi connectivity index (χ0n) is 25.8. The van der Waals surface area contributed by atoms with Crippen LogP contribution in [0.1, 0.15) is 17.5 Å². The molecule has 0 radical (unpaired) electrons.